The van der Waals surface area contributed by atoms with Gasteiger partial charge in [-0.05, 0) is 12.1 Å². The van der Waals surface area contributed by atoms with Crippen LogP contribution in [0.3, 0.4) is 0 Å². The van der Waals surface area contributed by atoms with Crippen LogP contribution in [0.5, 0.6) is 0 Å². The second kappa shape index (κ2) is 7.91. The third-order valence-electron chi connectivity index (χ3n) is 2.93. The van der Waals surface area contributed by atoms with Gasteiger partial charge in [0.15, 0.2) is 0 Å². The van der Waals surface area contributed by atoms with E-state index in [1.807, 2.05) is 42.1 Å². The lowest BCUT2D eigenvalue weighted by Gasteiger charge is -2.22. The van der Waals surface area contributed by atoms with Crippen molar-refractivity contribution in [2.75, 3.05) is 29.9 Å². The molecule has 3 N–H and O–H groups in total. The average Bonchev–Trinajstić information content (AvgIpc) is 2.47. The Balaban J connectivity index is 1.66. The highest BCUT2D eigenvalue weighted by atomic mass is 32.2. The number of anilines is 1. The van der Waals surface area contributed by atoms with E-state index in [0.29, 0.717) is 6.42 Å². The van der Waals surface area contributed by atoms with Crippen LogP contribution in [0.15, 0.2) is 30.3 Å². The molecular formula is C14H19N3O2S. The first kappa shape index (κ1) is 14.9. The fourth-order valence-electron chi connectivity index (χ4n) is 1.95. The highest BCUT2D eigenvalue weighted by molar-refractivity contribution is 7.99. The molecule has 0 spiro atoms. The van der Waals surface area contributed by atoms with Crippen LogP contribution in [0.2, 0.25) is 0 Å². The van der Waals surface area contributed by atoms with Crippen molar-refractivity contribution in [2.45, 2.75) is 12.5 Å². The van der Waals surface area contributed by atoms with E-state index in [0.717, 1.165) is 23.7 Å². The summed E-state index contributed by atoms with van der Waals surface area (Å²) in [6, 6.07) is 9.41. The maximum Gasteiger partial charge on any atom is 0.243 e. The molecule has 2 rings (SSSR count). The van der Waals surface area contributed by atoms with E-state index >= 15 is 0 Å². The van der Waals surface area contributed by atoms with Crippen LogP contribution in [0.1, 0.15) is 6.42 Å². The summed E-state index contributed by atoms with van der Waals surface area (Å²) in [5.41, 5.74) is 0.733. The fraction of sp³-hybridized carbons (Fsp3) is 0.429. The minimum atomic E-state index is -0.212. The van der Waals surface area contributed by atoms with Gasteiger partial charge >= 0.3 is 0 Å². The van der Waals surface area contributed by atoms with Crippen molar-refractivity contribution in [3.63, 3.8) is 0 Å². The van der Waals surface area contributed by atoms with Crippen LogP contribution in [-0.4, -0.2) is 42.5 Å². The topological polar surface area (TPSA) is 70.2 Å². The first-order chi connectivity index (χ1) is 9.74. The Morgan fingerprint density at radius 3 is 2.75 bits per heavy atom. The van der Waals surface area contributed by atoms with Crippen molar-refractivity contribution in [1.82, 2.24) is 10.6 Å². The van der Waals surface area contributed by atoms with Gasteiger partial charge in [0.2, 0.25) is 11.8 Å². The second-order valence-corrected chi connectivity index (χ2v) is 5.77. The zero-order chi connectivity index (χ0) is 14.2. The molecule has 0 aromatic heterocycles. The fourth-order valence-corrected chi connectivity index (χ4v) is 2.90. The lowest BCUT2D eigenvalue weighted by atomic mass is 10.2. The Bertz CT molecular complexity index is 447. The van der Waals surface area contributed by atoms with Crippen molar-refractivity contribution in [2.24, 2.45) is 0 Å². The molecule has 1 aromatic carbocycles. The lowest BCUT2D eigenvalue weighted by molar-refractivity contribution is -0.124. The molecule has 1 aliphatic rings. The van der Waals surface area contributed by atoms with Gasteiger partial charge in [-0.25, -0.2) is 0 Å². The van der Waals surface area contributed by atoms with E-state index < -0.39 is 0 Å². The van der Waals surface area contributed by atoms with Crippen LogP contribution in [0, 0.1) is 0 Å². The van der Waals surface area contributed by atoms with Gasteiger partial charge in [-0.2, -0.15) is 11.8 Å². The Labute approximate surface area is 122 Å². The van der Waals surface area contributed by atoms with Gasteiger partial charge in [0.05, 0.1) is 6.54 Å². The van der Waals surface area contributed by atoms with Crippen molar-refractivity contribution in [3.05, 3.63) is 30.3 Å². The van der Waals surface area contributed by atoms with Crippen molar-refractivity contribution < 1.29 is 9.59 Å². The summed E-state index contributed by atoms with van der Waals surface area (Å²) >= 11 is 1.85. The molecule has 1 aliphatic heterocycles. The summed E-state index contributed by atoms with van der Waals surface area (Å²) in [6.45, 7) is 0.949. The minimum absolute atomic E-state index is 0.00753. The van der Waals surface area contributed by atoms with Crippen LogP contribution in [0.25, 0.3) is 0 Å². The Hall–Kier alpha value is -1.53. The standard InChI is InChI=1S/C14H19N3O2S/c18-13(8-12-10-20-7-6-15-12)16-9-14(19)17-11-4-2-1-3-5-11/h1-5,12,15H,6-10H2,(H,16,18)(H,17,19). The third kappa shape index (κ3) is 5.22. The van der Waals surface area contributed by atoms with Gasteiger partial charge in [-0.3, -0.25) is 9.59 Å². The molecule has 1 unspecified atom stereocenters. The van der Waals surface area contributed by atoms with E-state index in [4.69, 9.17) is 0 Å². The normalized spacial score (nSPS) is 18.3. The van der Waals surface area contributed by atoms with Crippen molar-refractivity contribution in [1.29, 1.82) is 0 Å². The highest BCUT2D eigenvalue weighted by Gasteiger charge is 2.16. The first-order valence-corrected chi connectivity index (χ1v) is 7.82. The molecule has 1 heterocycles. The number of benzene rings is 1. The molecule has 108 valence electrons. The molecule has 6 heteroatoms. The maximum absolute atomic E-state index is 11.7. The summed E-state index contributed by atoms with van der Waals surface area (Å²) in [7, 11) is 0. The van der Waals surface area contributed by atoms with Crippen LogP contribution >= 0.6 is 11.8 Å². The number of rotatable bonds is 5. The SMILES string of the molecule is O=C(CC1CSCCN1)NCC(=O)Nc1ccccc1. The van der Waals surface area contributed by atoms with Crippen molar-refractivity contribution in [3.8, 4) is 0 Å². The Morgan fingerprint density at radius 2 is 2.05 bits per heavy atom. The molecule has 20 heavy (non-hydrogen) atoms. The minimum Gasteiger partial charge on any atom is -0.347 e. The molecule has 1 aromatic rings. The molecule has 0 bridgehead atoms. The quantitative estimate of drug-likeness (QED) is 0.752. The zero-order valence-electron chi connectivity index (χ0n) is 11.2. The first-order valence-electron chi connectivity index (χ1n) is 6.67. The van der Waals surface area contributed by atoms with Crippen molar-refractivity contribution >= 4 is 29.3 Å². The Kier molecular flexibility index (Phi) is 5.88. The molecule has 0 aliphatic carbocycles. The summed E-state index contributed by atoms with van der Waals surface area (Å²) in [4.78, 5) is 23.4. The number of hydrogen-bond acceptors (Lipinski definition) is 4. The molecule has 1 fully saturated rings. The number of thioether (sulfide) groups is 1. The molecule has 5 nitrogen and oxygen atoms in total. The number of carbonyl (C=O) groups is 2. The number of nitrogens with one attached hydrogen (secondary N) is 3. The average molecular weight is 293 g/mol. The maximum atomic E-state index is 11.7. The van der Waals surface area contributed by atoms with Crippen LogP contribution in [0.4, 0.5) is 5.69 Å². The largest absolute Gasteiger partial charge is 0.347 e. The smallest absolute Gasteiger partial charge is 0.243 e. The van der Waals surface area contributed by atoms with Gasteiger partial charge in [-0.15, -0.1) is 0 Å². The van der Waals surface area contributed by atoms with Gasteiger partial charge in [0.1, 0.15) is 0 Å². The monoisotopic (exact) mass is 293 g/mol. The predicted molar refractivity (Wildman–Crippen MR) is 81.8 cm³/mol. The number of hydrogen-bond donors (Lipinski definition) is 3. The van der Waals surface area contributed by atoms with Crippen LogP contribution < -0.4 is 16.0 Å². The van der Waals surface area contributed by atoms with E-state index in [-0.39, 0.29) is 24.4 Å². The summed E-state index contributed by atoms with van der Waals surface area (Å²) in [6.07, 6.45) is 0.422. The summed E-state index contributed by atoms with van der Waals surface area (Å²) in [5.74, 6) is 1.74. The van der Waals surface area contributed by atoms with Gasteiger partial charge in [0, 0.05) is 36.2 Å². The number of amides is 2. The van der Waals surface area contributed by atoms with E-state index in [2.05, 4.69) is 16.0 Å². The molecular weight excluding hydrogens is 274 g/mol. The zero-order valence-corrected chi connectivity index (χ0v) is 12.0. The van der Waals surface area contributed by atoms with Crippen LogP contribution in [-0.2, 0) is 9.59 Å². The highest BCUT2D eigenvalue weighted by Crippen LogP contribution is 2.09. The predicted octanol–water partition coefficient (Wildman–Crippen LogP) is 0.836. The van der Waals surface area contributed by atoms with Gasteiger partial charge < -0.3 is 16.0 Å². The third-order valence-corrected chi connectivity index (χ3v) is 4.06. The molecule has 0 radical (unpaired) electrons. The van der Waals surface area contributed by atoms with E-state index in [1.54, 1.807) is 0 Å². The number of para-hydroxylation sites is 1. The lowest BCUT2D eigenvalue weighted by Crippen LogP contribution is -2.42. The summed E-state index contributed by atoms with van der Waals surface area (Å²) < 4.78 is 0. The molecule has 1 saturated heterocycles. The summed E-state index contributed by atoms with van der Waals surface area (Å²) in [5, 5.41) is 8.67. The second-order valence-electron chi connectivity index (χ2n) is 4.62. The molecule has 0 saturated carbocycles. The number of carbonyl (C=O) groups excluding carboxylic acids is 2. The van der Waals surface area contributed by atoms with Gasteiger partial charge in [0.25, 0.3) is 0 Å². The van der Waals surface area contributed by atoms with E-state index in [9.17, 15) is 9.59 Å². The molecule has 1 atom stereocenters. The Morgan fingerprint density at radius 1 is 1.25 bits per heavy atom. The molecule has 2 amide bonds. The van der Waals surface area contributed by atoms with Gasteiger partial charge in [-0.1, -0.05) is 18.2 Å². The van der Waals surface area contributed by atoms with E-state index in [1.165, 1.54) is 0 Å².